The van der Waals surface area contributed by atoms with E-state index in [0.29, 0.717) is 13.0 Å². The number of hydrogen-bond donors (Lipinski definition) is 2. The second-order valence-corrected chi connectivity index (χ2v) is 6.16. The molecule has 0 spiro atoms. The monoisotopic (exact) mass is 324 g/mol. The topological polar surface area (TPSA) is 57.5 Å². The highest BCUT2D eigenvalue weighted by molar-refractivity contribution is 5.66. The number of allylic oxidation sites excluding steroid dienone is 4. The number of aliphatic hydroxyl groups excluding tert-OH is 1. The normalized spacial score (nSPS) is 11.7. The molecule has 23 heavy (non-hydrogen) atoms. The maximum atomic E-state index is 10.4. The van der Waals surface area contributed by atoms with Crippen LogP contribution >= 0.6 is 0 Å². The van der Waals surface area contributed by atoms with E-state index in [4.69, 9.17) is 10.2 Å². The molecule has 3 heteroatoms. The van der Waals surface area contributed by atoms with E-state index in [1.165, 1.54) is 32.1 Å². The van der Waals surface area contributed by atoms with Gasteiger partial charge in [-0.05, 0) is 44.9 Å². The van der Waals surface area contributed by atoms with Crippen LogP contribution < -0.4 is 0 Å². The number of carbonyl (C=O) groups is 1. The minimum atomic E-state index is -0.675. The van der Waals surface area contributed by atoms with Crippen LogP contribution in [0.1, 0.15) is 89.9 Å². The van der Waals surface area contributed by atoms with Gasteiger partial charge < -0.3 is 10.2 Å². The molecule has 2 N–H and O–H groups in total. The summed E-state index contributed by atoms with van der Waals surface area (Å²) in [6.45, 7) is 0.325. The van der Waals surface area contributed by atoms with E-state index in [2.05, 4.69) is 24.3 Å². The van der Waals surface area contributed by atoms with E-state index >= 15 is 0 Å². The lowest BCUT2D eigenvalue weighted by molar-refractivity contribution is -0.137. The average Bonchev–Trinajstić information content (AvgIpc) is 2.53. The Kier molecular flexibility index (Phi) is 18.1. The first-order chi connectivity index (χ1) is 11.3. The summed E-state index contributed by atoms with van der Waals surface area (Å²) in [5.41, 5.74) is 0. The fraction of sp³-hybridized carbons (Fsp3) is 0.750. The lowest BCUT2D eigenvalue weighted by atomic mass is 10.1. The third-order valence-corrected chi connectivity index (χ3v) is 3.90. The molecule has 0 aliphatic heterocycles. The summed E-state index contributed by atoms with van der Waals surface area (Å²) in [5.74, 6) is -0.675. The molecule has 0 aliphatic rings. The third kappa shape index (κ3) is 20.9. The Hall–Kier alpha value is -1.09. The summed E-state index contributed by atoms with van der Waals surface area (Å²) in [4.78, 5) is 10.4. The number of aliphatic carboxylic acids is 1. The van der Waals surface area contributed by atoms with Gasteiger partial charge in [0.25, 0.3) is 0 Å². The van der Waals surface area contributed by atoms with Crippen LogP contribution in [0.5, 0.6) is 0 Å². The van der Waals surface area contributed by atoms with Crippen molar-refractivity contribution in [3.05, 3.63) is 24.3 Å². The van der Waals surface area contributed by atoms with Gasteiger partial charge in [-0.1, -0.05) is 62.8 Å². The number of carboxylic acid groups (broad SMARTS) is 1. The molecule has 0 radical (unpaired) electrons. The van der Waals surface area contributed by atoms with E-state index in [1.54, 1.807) is 0 Å². The van der Waals surface area contributed by atoms with Crippen LogP contribution in [0.2, 0.25) is 0 Å². The Morgan fingerprint density at radius 3 is 1.65 bits per heavy atom. The summed E-state index contributed by atoms with van der Waals surface area (Å²) >= 11 is 0. The lowest BCUT2D eigenvalue weighted by Crippen LogP contribution is -1.93. The van der Waals surface area contributed by atoms with E-state index in [0.717, 1.165) is 51.4 Å². The molecule has 0 saturated heterocycles. The predicted octanol–water partition coefficient (Wildman–Crippen LogP) is 5.64. The van der Waals surface area contributed by atoms with Gasteiger partial charge in [0.05, 0.1) is 0 Å². The molecule has 0 unspecified atom stereocenters. The molecule has 0 heterocycles. The third-order valence-electron chi connectivity index (χ3n) is 3.90. The van der Waals surface area contributed by atoms with Crippen molar-refractivity contribution in [2.45, 2.75) is 89.9 Å². The number of hydrogen-bond acceptors (Lipinski definition) is 2. The molecule has 0 atom stereocenters. The van der Waals surface area contributed by atoms with Crippen LogP contribution in [0.15, 0.2) is 24.3 Å². The van der Waals surface area contributed by atoms with Crippen LogP contribution in [-0.4, -0.2) is 22.8 Å². The number of aliphatic hydroxyl groups is 1. The molecular formula is C20H36O3. The molecule has 134 valence electrons. The van der Waals surface area contributed by atoms with E-state index < -0.39 is 5.97 Å². The second-order valence-electron chi connectivity index (χ2n) is 6.16. The standard InChI is InChI=1S/C20H36O3/c21-19-17-15-13-11-9-7-5-3-1-2-4-6-8-10-12-14-16-18-20(22)23/h1-2,5,7,21H,3-4,6,8-19H2,(H,22,23)/b2-1+,7-5+. The van der Waals surface area contributed by atoms with Crippen molar-refractivity contribution < 1.29 is 15.0 Å². The van der Waals surface area contributed by atoms with Crippen molar-refractivity contribution in [1.82, 2.24) is 0 Å². The first-order valence-electron chi connectivity index (χ1n) is 9.40. The van der Waals surface area contributed by atoms with Gasteiger partial charge in [0.1, 0.15) is 0 Å². The Morgan fingerprint density at radius 2 is 1.13 bits per heavy atom. The fourth-order valence-corrected chi connectivity index (χ4v) is 2.48. The Bertz CT molecular complexity index is 308. The molecule has 0 rings (SSSR count). The SMILES string of the molecule is O=C(O)CCCCCCCC/C=C/C/C=C/CCCCCCO. The van der Waals surface area contributed by atoms with Crippen LogP contribution in [0.4, 0.5) is 0 Å². The second kappa shape index (κ2) is 19.0. The van der Waals surface area contributed by atoms with Crippen molar-refractivity contribution in [3.8, 4) is 0 Å². The zero-order valence-electron chi connectivity index (χ0n) is 14.7. The first-order valence-corrected chi connectivity index (χ1v) is 9.40. The van der Waals surface area contributed by atoms with E-state index in [-0.39, 0.29) is 0 Å². The Balaban J connectivity index is 3.17. The lowest BCUT2D eigenvalue weighted by Gasteiger charge is -1.99. The molecule has 0 aromatic heterocycles. The zero-order valence-corrected chi connectivity index (χ0v) is 14.7. The first kappa shape index (κ1) is 21.9. The smallest absolute Gasteiger partial charge is 0.303 e. The van der Waals surface area contributed by atoms with Gasteiger partial charge in [0.15, 0.2) is 0 Å². The molecule has 0 aromatic rings. The Labute approximate surface area is 142 Å². The average molecular weight is 325 g/mol. The minimum absolute atomic E-state index is 0.318. The molecule has 0 bridgehead atoms. The summed E-state index contributed by atoms with van der Waals surface area (Å²) in [5, 5.41) is 17.2. The largest absolute Gasteiger partial charge is 0.481 e. The maximum absolute atomic E-state index is 10.4. The quantitative estimate of drug-likeness (QED) is 0.269. The molecule has 3 nitrogen and oxygen atoms in total. The van der Waals surface area contributed by atoms with Gasteiger partial charge in [0, 0.05) is 13.0 Å². The molecule has 0 amide bonds. The van der Waals surface area contributed by atoms with E-state index in [1.807, 2.05) is 0 Å². The van der Waals surface area contributed by atoms with Crippen molar-refractivity contribution in [2.24, 2.45) is 0 Å². The van der Waals surface area contributed by atoms with Gasteiger partial charge in [-0.15, -0.1) is 0 Å². The van der Waals surface area contributed by atoms with Crippen LogP contribution in [-0.2, 0) is 4.79 Å². The summed E-state index contributed by atoms with van der Waals surface area (Å²) in [6, 6.07) is 0. The van der Waals surface area contributed by atoms with Crippen molar-refractivity contribution in [2.75, 3.05) is 6.61 Å². The highest BCUT2D eigenvalue weighted by Crippen LogP contribution is 2.09. The van der Waals surface area contributed by atoms with E-state index in [9.17, 15) is 4.79 Å². The molecule has 0 saturated carbocycles. The zero-order chi connectivity index (χ0) is 17.0. The van der Waals surface area contributed by atoms with Gasteiger partial charge in [-0.2, -0.15) is 0 Å². The maximum Gasteiger partial charge on any atom is 0.303 e. The van der Waals surface area contributed by atoms with Gasteiger partial charge >= 0.3 is 5.97 Å². The summed E-state index contributed by atoms with van der Waals surface area (Å²) in [7, 11) is 0. The van der Waals surface area contributed by atoms with Crippen LogP contribution in [0.25, 0.3) is 0 Å². The fourth-order valence-electron chi connectivity index (χ4n) is 2.48. The van der Waals surface area contributed by atoms with Crippen molar-refractivity contribution in [3.63, 3.8) is 0 Å². The number of carboxylic acids is 1. The summed E-state index contributed by atoms with van der Waals surface area (Å²) in [6.07, 6.45) is 24.0. The molecule has 0 fully saturated rings. The van der Waals surface area contributed by atoms with Crippen LogP contribution in [0, 0.1) is 0 Å². The Morgan fingerprint density at radius 1 is 0.652 bits per heavy atom. The number of unbranched alkanes of at least 4 members (excludes halogenated alkanes) is 10. The summed E-state index contributed by atoms with van der Waals surface area (Å²) < 4.78 is 0. The van der Waals surface area contributed by atoms with Gasteiger partial charge in [-0.25, -0.2) is 0 Å². The molecule has 0 aliphatic carbocycles. The van der Waals surface area contributed by atoms with Crippen LogP contribution in [0.3, 0.4) is 0 Å². The molecular weight excluding hydrogens is 288 g/mol. The highest BCUT2D eigenvalue weighted by Gasteiger charge is 1.96. The van der Waals surface area contributed by atoms with Gasteiger partial charge in [-0.3, -0.25) is 4.79 Å². The number of rotatable bonds is 17. The minimum Gasteiger partial charge on any atom is -0.481 e. The van der Waals surface area contributed by atoms with Crippen molar-refractivity contribution in [1.29, 1.82) is 0 Å². The van der Waals surface area contributed by atoms with Gasteiger partial charge in [0.2, 0.25) is 0 Å². The molecule has 0 aromatic carbocycles. The van der Waals surface area contributed by atoms with Crippen molar-refractivity contribution >= 4 is 5.97 Å². The highest BCUT2D eigenvalue weighted by atomic mass is 16.4. The predicted molar refractivity (Wildman–Crippen MR) is 97.6 cm³/mol.